The van der Waals surface area contributed by atoms with Gasteiger partial charge in [0.2, 0.25) is 0 Å². The molecule has 0 spiro atoms. The maximum Gasteiger partial charge on any atom is 0.417 e. The summed E-state index contributed by atoms with van der Waals surface area (Å²) in [4.78, 5) is 17.6. The van der Waals surface area contributed by atoms with Crippen molar-refractivity contribution in [3.05, 3.63) is 65.2 Å². The summed E-state index contributed by atoms with van der Waals surface area (Å²) in [6.45, 7) is 0.137. The number of nitrogens with zero attached hydrogens (tertiary/aromatic N) is 5. The minimum absolute atomic E-state index is 0.00571. The van der Waals surface area contributed by atoms with Crippen LogP contribution in [0.2, 0.25) is 0 Å². The fraction of sp³-hybridized carbons (Fsp3) is 0.429. The number of carboxylic acids is 1. The number of hydrogen-bond acceptors (Lipinski definition) is 7. The molecular weight excluding hydrogens is 527 g/mol. The molecule has 2 unspecified atom stereocenters. The summed E-state index contributed by atoms with van der Waals surface area (Å²) in [7, 11) is 0. The van der Waals surface area contributed by atoms with Crippen LogP contribution in [0.1, 0.15) is 71.8 Å². The molecule has 2 saturated heterocycles. The van der Waals surface area contributed by atoms with E-state index in [0.29, 0.717) is 17.0 Å². The number of aromatic nitrogens is 4. The van der Waals surface area contributed by atoms with Crippen molar-refractivity contribution in [2.45, 2.75) is 75.4 Å². The number of fused-ring (bicyclic) bond motifs is 3. The van der Waals surface area contributed by atoms with Gasteiger partial charge in [-0.2, -0.15) is 13.2 Å². The van der Waals surface area contributed by atoms with Crippen LogP contribution in [0.15, 0.2) is 47.1 Å². The highest BCUT2D eigenvalue weighted by Crippen LogP contribution is 2.46. The SMILES string of the molecule is O=C(O)c1cn2nc(N3C4CCC3CC(OCc3c(-c5ccccc5C(F)(F)F)noc3C3CC3)C4)ccc2n1. The molecule has 12 heteroatoms. The lowest BCUT2D eigenvalue weighted by Gasteiger charge is -2.39. The third kappa shape index (κ3) is 4.40. The molecule has 2 atom stereocenters. The topological polar surface area (TPSA) is 106 Å². The summed E-state index contributed by atoms with van der Waals surface area (Å²) in [6, 6.07) is 9.45. The number of anilines is 1. The van der Waals surface area contributed by atoms with Gasteiger partial charge in [0.05, 0.1) is 24.5 Å². The Kier molecular flexibility index (Phi) is 5.84. The monoisotopic (exact) mass is 553 g/mol. The highest BCUT2D eigenvalue weighted by Gasteiger charge is 2.43. The molecule has 4 aromatic rings. The molecule has 0 radical (unpaired) electrons. The highest BCUT2D eigenvalue weighted by atomic mass is 19.4. The summed E-state index contributed by atoms with van der Waals surface area (Å²) in [5.74, 6) is 0.453. The van der Waals surface area contributed by atoms with Crippen molar-refractivity contribution in [3.63, 3.8) is 0 Å². The van der Waals surface area contributed by atoms with Crippen molar-refractivity contribution >= 4 is 17.4 Å². The number of rotatable bonds is 7. The Labute approximate surface area is 226 Å². The number of carboxylic acid groups (broad SMARTS) is 1. The quantitative estimate of drug-likeness (QED) is 0.311. The molecule has 3 aromatic heterocycles. The number of piperidine rings is 1. The number of hydrogen-bond donors (Lipinski definition) is 1. The molecule has 1 saturated carbocycles. The Morgan fingerprint density at radius 2 is 1.82 bits per heavy atom. The minimum atomic E-state index is -4.51. The van der Waals surface area contributed by atoms with Gasteiger partial charge in [0.25, 0.3) is 0 Å². The predicted molar refractivity (Wildman–Crippen MR) is 136 cm³/mol. The Balaban J connectivity index is 1.10. The predicted octanol–water partition coefficient (Wildman–Crippen LogP) is 5.70. The number of ether oxygens (including phenoxy) is 1. The van der Waals surface area contributed by atoms with E-state index in [1.54, 1.807) is 12.1 Å². The van der Waals surface area contributed by atoms with Crippen molar-refractivity contribution < 1.29 is 32.3 Å². The van der Waals surface area contributed by atoms with Crippen molar-refractivity contribution in [2.24, 2.45) is 0 Å². The smallest absolute Gasteiger partial charge is 0.417 e. The van der Waals surface area contributed by atoms with E-state index in [-0.39, 0.29) is 47.7 Å². The van der Waals surface area contributed by atoms with Gasteiger partial charge in [0.15, 0.2) is 11.3 Å². The lowest BCUT2D eigenvalue weighted by molar-refractivity contribution is -0.137. The van der Waals surface area contributed by atoms with Crippen LogP contribution in [0.5, 0.6) is 0 Å². The van der Waals surface area contributed by atoms with Gasteiger partial charge in [-0.15, -0.1) is 5.10 Å². The van der Waals surface area contributed by atoms with Crippen LogP contribution in [-0.4, -0.2) is 49.0 Å². The highest BCUT2D eigenvalue weighted by molar-refractivity contribution is 5.86. The Bertz CT molecular complexity index is 1580. The normalized spacial score (nSPS) is 22.8. The van der Waals surface area contributed by atoms with Crippen LogP contribution in [-0.2, 0) is 17.5 Å². The molecule has 2 bridgehead atoms. The van der Waals surface area contributed by atoms with Crippen LogP contribution >= 0.6 is 0 Å². The van der Waals surface area contributed by atoms with Crippen LogP contribution in [0.3, 0.4) is 0 Å². The molecule has 3 aliphatic rings. The molecule has 9 nitrogen and oxygen atoms in total. The van der Waals surface area contributed by atoms with Gasteiger partial charge < -0.3 is 19.3 Å². The fourth-order valence-corrected chi connectivity index (χ4v) is 6.23. The van der Waals surface area contributed by atoms with Crippen molar-refractivity contribution in [1.29, 1.82) is 0 Å². The number of aromatic carboxylic acids is 1. The zero-order chi connectivity index (χ0) is 27.6. The van der Waals surface area contributed by atoms with Crippen LogP contribution < -0.4 is 4.90 Å². The molecule has 1 aromatic carbocycles. The zero-order valence-corrected chi connectivity index (χ0v) is 21.3. The van der Waals surface area contributed by atoms with Gasteiger partial charge in [-0.25, -0.2) is 14.3 Å². The summed E-state index contributed by atoms with van der Waals surface area (Å²) in [5, 5.41) is 18.0. The number of carbonyl (C=O) groups is 1. The van der Waals surface area contributed by atoms with Crippen molar-refractivity contribution in [3.8, 4) is 11.3 Å². The molecule has 2 aliphatic heterocycles. The van der Waals surface area contributed by atoms with E-state index >= 15 is 0 Å². The lowest BCUT2D eigenvalue weighted by Crippen LogP contribution is -2.46. The molecule has 3 fully saturated rings. The average Bonchev–Trinajstić information content (AvgIpc) is 3.43. The van der Waals surface area contributed by atoms with Crippen LogP contribution in [0.25, 0.3) is 16.9 Å². The number of alkyl halides is 3. The van der Waals surface area contributed by atoms with E-state index < -0.39 is 17.7 Å². The fourth-order valence-electron chi connectivity index (χ4n) is 6.23. The summed E-state index contributed by atoms with van der Waals surface area (Å²) in [6.07, 6.45) is 2.11. The van der Waals surface area contributed by atoms with Gasteiger partial charge in [0, 0.05) is 29.1 Å². The first-order valence-electron chi connectivity index (χ1n) is 13.4. The molecule has 0 amide bonds. The maximum atomic E-state index is 13.8. The minimum Gasteiger partial charge on any atom is -0.476 e. The third-order valence-corrected chi connectivity index (χ3v) is 8.20. The third-order valence-electron chi connectivity index (χ3n) is 8.20. The van der Waals surface area contributed by atoms with Gasteiger partial charge in [-0.3, -0.25) is 0 Å². The van der Waals surface area contributed by atoms with E-state index in [0.717, 1.165) is 50.4 Å². The number of imidazole rings is 1. The molecule has 208 valence electrons. The number of halogens is 3. The maximum absolute atomic E-state index is 13.8. The molecular formula is C28H26F3N5O4. The van der Waals surface area contributed by atoms with E-state index in [9.17, 15) is 23.1 Å². The second kappa shape index (κ2) is 9.33. The van der Waals surface area contributed by atoms with Gasteiger partial charge in [0.1, 0.15) is 17.3 Å². The zero-order valence-electron chi connectivity index (χ0n) is 21.3. The first kappa shape index (κ1) is 25.1. The second-order valence-corrected chi connectivity index (χ2v) is 10.8. The molecule has 1 N–H and O–H groups in total. The molecule has 1 aliphatic carbocycles. The van der Waals surface area contributed by atoms with E-state index in [2.05, 4.69) is 20.1 Å². The first-order valence-corrected chi connectivity index (χ1v) is 13.4. The number of benzene rings is 1. The molecule has 5 heterocycles. The Morgan fingerprint density at radius 1 is 1.07 bits per heavy atom. The standard InChI is InChI=1S/C28H26F3N5O4/c29-28(30,31)21-4-2-1-3-19(21)25-20(26(40-34-25)15-5-6-15)14-39-18-11-16-7-8-17(12-18)36(16)24-10-9-23-32-22(27(37)38)13-35(23)33-24/h1-4,9-10,13,15-18H,5-8,11-12,14H2,(H,37,38). The summed E-state index contributed by atoms with van der Waals surface area (Å²) in [5.41, 5.74) is 0.484. The van der Waals surface area contributed by atoms with Crippen molar-refractivity contribution in [2.75, 3.05) is 4.90 Å². The van der Waals surface area contributed by atoms with Crippen molar-refractivity contribution in [1.82, 2.24) is 19.8 Å². The van der Waals surface area contributed by atoms with Gasteiger partial charge >= 0.3 is 12.1 Å². The average molecular weight is 554 g/mol. The molecule has 7 rings (SSSR count). The van der Waals surface area contributed by atoms with Crippen LogP contribution in [0, 0.1) is 0 Å². The van der Waals surface area contributed by atoms with Gasteiger partial charge in [-0.05, 0) is 56.7 Å². The van der Waals surface area contributed by atoms with E-state index in [4.69, 9.17) is 9.26 Å². The Morgan fingerprint density at radius 3 is 2.52 bits per heavy atom. The molecule has 40 heavy (non-hydrogen) atoms. The van der Waals surface area contributed by atoms with Gasteiger partial charge in [-0.1, -0.05) is 23.4 Å². The van der Waals surface area contributed by atoms with Crippen LogP contribution in [0.4, 0.5) is 19.0 Å². The summed E-state index contributed by atoms with van der Waals surface area (Å²) < 4.78 is 54.8. The second-order valence-electron chi connectivity index (χ2n) is 10.8. The Hall–Kier alpha value is -3.93. The van der Waals surface area contributed by atoms with E-state index in [1.165, 1.54) is 22.8 Å². The summed E-state index contributed by atoms with van der Waals surface area (Å²) >= 11 is 0. The van der Waals surface area contributed by atoms with E-state index in [1.807, 2.05) is 6.07 Å². The first-order chi connectivity index (χ1) is 19.3. The lowest BCUT2D eigenvalue weighted by atomic mass is 9.98. The largest absolute Gasteiger partial charge is 0.476 e.